The molecule has 0 amide bonds. The van der Waals surface area contributed by atoms with Gasteiger partial charge in [0, 0.05) is 6.20 Å². The monoisotopic (exact) mass is 239 g/mol. The first-order chi connectivity index (χ1) is 8.04. The molecule has 0 radical (unpaired) electrons. The molecule has 1 heterocycles. The van der Waals surface area contributed by atoms with Crippen molar-refractivity contribution in [2.45, 2.75) is 18.2 Å². The molecule has 0 aromatic carbocycles. The Morgan fingerprint density at radius 1 is 1.47 bits per heavy atom. The van der Waals surface area contributed by atoms with Gasteiger partial charge in [-0.05, 0) is 11.6 Å². The molecule has 17 heavy (non-hydrogen) atoms. The van der Waals surface area contributed by atoms with Crippen molar-refractivity contribution in [3.63, 3.8) is 0 Å². The second-order valence-corrected chi connectivity index (χ2v) is 3.87. The van der Waals surface area contributed by atoms with Crippen LogP contribution in [0.15, 0.2) is 28.7 Å². The topological polar surface area (TPSA) is 122 Å². The highest BCUT2D eigenvalue weighted by molar-refractivity contribution is 5.27. The van der Waals surface area contributed by atoms with Gasteiger partial charge in [-0.3, -0.25) is 4.57 Å². The molecule has 0 bridgehead atoms. The van der Waals surface area contributed by atoms with E-state index in [1.54, 1.807) is 0 Å². The van der Waals surface area contributed by atoms with Gasteiger partial charge in [-0.15, -0.1) is 0 Å². The number of nitrogens with zero attached hydrogens (tertiary/aromatic N) is 2. The Morgan fingerprint density at radius 2 is 2.18 bits per heavy atom. The van der Waals surface area contributed by atoms with Crippen LogP contribution in [0.1, 0.15) is 6.04 Å². The standard InChI is InChI=1S/C10H13N3O4/c11-7-1-2-13(10(17)12-7)6-3-5(4-14)8(15)9(6)16/h1-3,6,8-9,14-16H,4H2,(H2,11,12,17)/t6-,8-,9-/m1/s1. The van der Waals surface area contributed by atoms with Crippen molar-refractivity contribution in [1.82, 2.24) is 9.55 Å². The number of aromatic nitrogens is 2. The summed E-state index contributed by atoms with van der Waals surface area (Å²) in [7, 11) is 0. The average Bonchev–Trinajstić information content (AvgIpc) is 2.57. The maximum Gasteiger partial charge on any atom is 0.350 e. The van der Waals surface area contributed by atoms with Crippen molar-refractivity contribution < 1.29 is 15.3 Å². The van der Waals surface area contributed by atoms with E-state index in [2.05, 4.69) is 4.98 Å². The van der Waals surface area contributed by atoms with Crippen LogP contribution in [0, 0.1) is 0 Å². The van der Waals surface area contributed by atoms with Gasteiger partial charge in [-0.1, -0.05) is 6.08 Å². The van der Waals surface area contributed by atoms with Crippen LogP contribution in [0.5, 0.6) is 0 Å². The lowest BCUT2D eigenvalue weighted by Gasteiger charge is -2.18. The molecule has 7 nitrogen and oxygen atoms in total. The van der Waals surface area contributed by atoms with E-state index in [0.29, 0.717) is 0 Å². The zero-order valence-corrected chi connectivity index (χ0v) is 8.89. The molecule has 0 saturated heterocycles. The summed E-state index contributed by atoms with van der Waals surface area (Å²) >= 11 is 0. The third-order valence-corrected chi connectivity index (χ3v) is 2.79. The molecule has 0 saturated carbocycles. The number of hydrogen-bond donors (Lipinski definition) is 4. The van der Waals surface area contributed by atoms with Gasteiger partial charge < -0.3 is 21.1 Å². The van der Waals surface area contributed by atoms with Crippen molar-refractivity contribution >= 4 is 5.82 Å². The van der Waals surface area contributed by atoms with Crippen LogP contribution >= 0.6 is 0 Å². The lowest BCUT2D eigenvalue weighted by Crippen LogP contribution is -2.35. The molecule has 1 aliphatic carbocycles. The molecular formula is C10H13N3O4. The fraction of sp³-hybridized carbons (Fsp3) is 0.400. The van der Waals surface area contributed by atoms with Crippen molar-refractivity contribution in [3.05, 3.63) is 34.4 Å². The minimum absolute atomic E-state index is 0.0886. The molecule has 3 atom stereocenters. The first-order valence-corrected chi connectivity index (χ1v) is 5.07. The molecular weight excluding hydrogens is 226 g/mol. The lowest BCUT2D eigenvalue weighted by molar-refractivity contribution is 0.0272. The summed E-state index contributed by atoms with van der Waals surface area (Å²) in [4.78, 5) is 15.1. The Morgan fingerprint density at radius 3 is 2.71 bits per heavy atom. The number of hydrogen-bond acceptors (Lipinski definition) is 6. The van der Waals surface area contributed by atoms with E-state index in [4.69, 9.17) is 10.8 Å². The van der Waals surface area contributed by atoms with Gasteiger partial charge in [0.05, 0.1) is 12.6 Å². The number of aliphatic hydroxyl groups is 3. The Bertz CT molecular complexity index is 511. The summed E-state index contributed by atoms with van der Waals surface area (Å²) in [5.74, 6) is 0.0886. The van der Waals surface area contributed by atoms with E-state index in [1.165, 1.54) is 18.3 Å². The minimum atomic E-state index is -1.18. The zero-order chi connectivity index (χ0) is 12.6. The second-order valence-electron chi connectivity index (χ2n) is 3.87. The van der Waals surface area contributed by atoms with Gasteiger partial charge in [-0.25, -0.2) is 4.79 Å². The Labute approximate surface area is 96.5 Å². The van der Waals surface area contributed by atoms with Crippen molar-refractivity contribution in [2.24, 2.45) is 0 Å². The third-order valence-electron chi connectivity index (χ3n) is 2.79. The molecule has 92 valence electrons. The highest BCUT2D eigenvalue weighted by Gasteiger charge is 2.35. The summed E-state index contributed by atoms with van der Waals surface area (Å²) in [5.41, 5.74) is 5.02. The predicted molar refractivity (Wildman–Crippen MR) is 59.1 cm³/mol. The zero-order valence-electron chi connectivity index (χ0n) is 8.89. The maximum atomic E-state index is 11.6. The smallest absolute Gasteiger partial charge is 0.350 e. The Kier molecular flexibility index (Phi) is 2.97. The molecule has 0 fully saturated rings. The van der Waals surface area contributed by atoms with Crippen LogP contribution in [0.3, 0.4) is 0 Å². The van der Waals surface area contributed by atoms with Crippen LogP contribution in [0.4, 0.5) is 5.82 Å². The van der Waals surface area contributed by atoms with E-state index in [1.807, 2.05) is 0 Å². The van der Waals surface area contributed by atoms with E-state index in [-0.39, 0.29) is 18.0 Å². The highest BCUT2D eigenvalue weighted by atomic mass is 16.3. The number of nitrogen functional groups attached to an aromatic ring is 1. The van der Waals surface area contributed by atoms with Crippen LogP contribution in [-0.4, -0.2) is 43.7 Å². The Hall–Kier alpha value is -1.70. The van der Waals surface area contributed by atoms with Crippen LogP contribution in [0.2, 0.25) is 0 Å². The largest absolute Gasteiger partial charge is 0.392 e. The fourth-order valence-corrected chi connectivity index (χ4v) is 1.87. The molecule has 1 aliphatic rings. The molecule has 0 unspecified atom stereocenters. The summed E-state index contributed by atoms with van der Waals surface area (Å²) < 4.78 is 1.16. The Balaban J connectivity index is 2.41. The summed E-state index contributed by atoms with van der Waals surface area (Å²) in [5, 5.41) is 28.3. The van der Waals surface area contributed by atoms with Gasteiger partial charge >= 0.3 is 5.69 Å². The molecule has 5 N–H and O–H groups in total. The van der Waals surface area contributed by atoms with Crippen LogP contribution in [0.25, 0.3) is 0 Å². The molecule has 1 aromatic heterocycles. The van der Waals surface area contributed by atoms with Gasteiger partial charge in [0.15, 0.2) is 0 Å². The van der Waals surface area contributed by atoms with E-state index >= 15 is 0 Å². The van der Waals surface area contributed by atoms with Crippen LogP contribution in [-0.2, 0) is 0 Å². The number of rotatable bonds is 2. The van der Waals surface area contributed by atoms with Gasteiger partial charge in [0.25, 0.3) is 0 Å². The molecule has 2 rings (SSSR count). The van der Waals surface area contributed by atoms with Gasteiger partial charge in [0.2, 0.25) is 0 Å². The summed E-state index contributed by atoms with van der Waals surface area (Å²) in [6.45, 7) is -0.369. The highest BCUT2D eigenvalue weighted by Crippen LogP contribution is 2.27. The van der Waals surface area contributed by atoms with Crippen LogP contribution < -0.4 is 11.4 Å². The van der Waals surface area contributed by atoms with Gasteiger partial charge in [0.1, 0.15) is 18.0 Å². The van der Waals surface area contributed by atoms with Crippen molar-refractivity contribution in [2.75, 3.05) is 12.3 Å². The fourth-order valence-electron chi connectivity index (χ4n) is 1.87. The second kappa shape index (κ2) is 4.28. The molecule has 1 aromatic rings. The SMILES string of the molecule is Nc1ccn([C@@H]2C=C(CO)[C@@H](O)[C@@H]2O)c(=O)n1. The number of anilines is 1. The number of aliphatic hydroxyl groups excluding tert-OH is 3. The molecule has 7 heteroatoms. The van der Waals surface area contributed by atoms with Crippen molar-refractivity contribution in [1.29, 1.82) is 0 Å². The maximum absolute atomic E-state index is 11.6. The third kappa shape index (κ3) is 1.95. The van der Waals surface area contributed by atoms with Gasteiger partial charge in [-0.2, -0.15) is 4.98 Å². The van der Waals surface area contributed by atoms with E-state index in [0.717, 1.165) is 4.57 Å². The molecule has 0 spiro atoms. The quantitative estimate of drug-likeness (QED) is 0.444. The minimum Gasteiger partial charge on any atom is -0.392 e. The average molecular weight is 239 g/mol. The van der Waals surface area contributed by atoms with E-state index < -0.39 is 23.9 Å². The molecule has 0 aliphatic heterocycles. The first kappa shape index (κ1) is 11.8. The summed E-state index contributed by atoms with van der Waals surface area (Å²) in [6.07, 6.45) is 0.492. The summed E-state index contributed by atoms with van der Waals surface area (Å²) in [6, 6.07) is 0.679. The van der Waals surface area contributed by atoms with E-state index in [9.17, 15) is 15.0 Å². The first-order valence-electron chi connectivity index (χ1n) is 5.07. The lowest BCUT2D eigenvalue weighted by atomic mass is 10.1. The predicted octanol–water partition coefficient (Wildman–Crippen LogP) is -1.98. The normalized spacial score (nSPS) is 28.2. The number of nitrogens with two attached hydrogens (primary N) is 1. The van der Waals surface area contributed by atoms with Crippen molar-refractivity contribution in [3.8, 4) is 0 Å².